The van der Waals surface area contributed by atoms with E-state index in [0.29, 0.717) is 18.4 Å². The minimum absolute atomic E-state index is 0.0851. The quantitative estimate of drug-likeness (QED) is 0.386. The molecule has 5 rings (SSSR count). The van der Waals surface area contributed by atoms with Crippen LogP contribution in [0.5, 0.6) is 23.0 Å². The van der Waals surface area contributed by atoms with Crippen molar-refractivity contribution >= 4 is 11.8 Å². The van der Waals surface area contributed by atoms with Gasteiger partial charge in [0.1, 0.15) is 35.7 Å². The predicted molar refractivity (Wildman–Crippen MR) is 139 cm³/mol. The number of likely N-dealkylation sites (tertiary alicyclic amines) is 1. The van der Waals surface area contributed by atoms with E-state index in [1.807, 2.05) is 36.4 Å². The van der Waals surface area contributed by atoms with Gasteiger partial charge in [-0.05, 0) is 65.4 Å². The molecule has 35 heavy (non-hydrogen) atoms. The molecule has 0 unspecified atom stereocenters. The van der Waals surface area contributed by atoms with Crippen LogP contribution in [-0.4, -0.2) is 41.4 Å². The highest BCUT2D eigenvalue weighted by Gasteiger charge is 2.34. The smallest absolute Gasteiger partial charge is 0.140 e. The molecule has 0 saturated carbocycles. The maximum absolute atomic E-state index is 10.1. The fourth-order valence-corrected chi connectivity index (χ4v) is 6.22. The third-order valence-corrected chi connectivity index (χ3v) is 8.19. The summed E-state index contributed by atoms with van der Waals surface area (Å²) < 4.78 is 12.5. The SMILES string of the molecule is C=C[C@@H]1CN(CCOc2ccc([C@@H]3Oc4ccc(O)cc4S[C@@H]3c3cccc(O)c3)cc2)C[C@H]1C. The predicted octanol–water partition coefficient (Wildman–Crippen LogP) is 6.20. The number of phenolic OH excluding ortho intramolecular Hbond substituents is 2. The molecule has 2 aliphatic rings. The van der Waals surface area contributed by atoms with Crippen LogP contribution in [0.1, 0.15) is 29.4 Å². The summed E-state index contributed by atoms with van der Waals surface area (Å²) in [6, 6.07) is 20.5. The van der Waals surface area contributed by atoms with Crippen molar-refractivity contribution in [2.24, 2.45) is 11.8 Å². The molecule has 2 heterocycles. The number of phenols is 2. The molecule has 0 spiro atoms. The molecule has 3 aromatic carbocycles. The molecule has 2 aliphatic heterocycles. The zero-order valence-corrected chi connectivity index (χ0v) is 20.7. The summed E-state index contributed by atoms with van der Waals surface area (Å²) in [5, 5.41) is 19.9. The van der Waals surface area contributed by atoms with Crippen LogP contribution in [0.15, 0.2) is 84.3 Å². The maximum atomic E-state index is 10.1. The summed E-state index contributed by atoms with van der Waals surface area (Å²) in [5.41, 5.74) is 1.99. The van der Waals surface area contributed by atoms with Gasteiger partial charge in [0.25, 0.3) is 0 Å². The van der Waals surface area contributed by atoms with Gasteiger partial charge in [0, 0.05) is 19.6 Å². The molecule has 1 fully saturated rings. The highest BCUT2D eigenvalue weighted by molar-refractivity contribution is 7.99. The lowest BCUT2D eigenvalue weighted by atomic mass is 9.99. The molecule has 6 heteroatoms. The topological polar surface area (TPSA) is 62.2 Å². The number of aromatic hydroxyl groups is 2. The van der Waals surface area contributed by atoms with Crippen molar-refractivity contribution in [3.8, 4) is 23.0 Å². The number of thioether (sulfide) groups is 1. The highest BCUT2D eigenvalue weighted by Crippen LogP contribution is 2.54. The molecule has 4 atom stereocenters. The Morgan fingerprint density at radius 3 is 2.57 bits per heavy atom. The van der Waals surface area contributed by atoms with Crippen LogP contribution in [-0.2, 0) is 0 Å². The van der Waals surface area contributed by atoms with E-state index in [1.54, 1.807) is 42.1 Å². The Hall–Kier alpha value is -3.09. The van der Waals surface area contributed by atoms with Gasteiger partial charge in [-0.15, -0.1) is 18.3 Å². The number of benzene rings is 3. The van der Waals surface area contributed by atoms with Crippen molar-refractivity contribution in [1.82, 2.24) is 4.90 Å². The van der Waals surface area contributed by atoms with Crippen molar-refractivity contribution in [3.63, 3.8) is 0 Å². The molecule has 0 radical (unpaired) electrons. The van der Waals surface area contributed by atoms with E-state index < -0.39 is 0 Å². The molecule has 0 aromatic heterocycles. The molecule has 0 amide bonds. The summed E-state index contributed by atoms with van der Waals surface area (Å²) >= 11 is 1.63. The highest BCUT2D eigenvalue weighted by atomic mass is 32.2. The second-order valence-corrected chi connectivity index (χ2v) is 10.5. The molecule has 3 aromatic rings. The second-order valence-electron chi connectivity index (χ2n) is 9.36. The Morgan fingerprint density at radius 2 is 1.83 bits per heavy atom. The van der Waals surface area contributed by atoms with Gasteiger partial charge in [0.05, 0.1) is 10.1 Å². The Kier molecular flexibility index (Phi) is 6.93. The normalized spacial score (nSPS) is 23.9. The van der Waals surface area contributed by atoms with Crippen LogP contribution in [0.3, 0.4) is 0 Å². The minimum atomic E-state index is -0.255. The maximum Gasteiger partial charge on any atom is 0.140 e. The number of hydrogen-bond acceptors (Lipinski definition) is 6. The van der Waals surface area contributed by atoms with E-state index in [-0.39, 0.29) is 22.9 Å². The van der Waals surface area contributed by atoms with Crippen LogP contribution in [0.25, 0.3) is 0 Å². The van der Waals surface area contributed by atoms with Crippen molar-refractivity contribution < 1.29 is 19.7 Å². The van der Waals surface area contributed by atoms with Crippen molar-refractivity contribution in [1.29, 1.82) is 0 Å². The Balaban J connectivity index is 1.30. The van der Waals surface area contributed by atoms with Gasteiger partial charge >= 0.3 is 0 Å². The first kappa shape index (κ1) is 23.6. The van der Waals surface area contributed by atoms with Gasteiger partial charge in [-0.3, -0.25) is 4.90 Å². The van der Waals surface area contributed by atoms with E-state index in [9.17, 15) is 10.2 Å². The summed E-state index contributed by atoms with van der Waals surface area (Å²) in [5.74, 6) is 3.22. The van der Waals surface area contributed by atoms with Crippen LogP contribution < -0.4 is 9.47 Å². The fourth-order valence-electron chi connectivity index (χ4n) is 4.90. The summed E-state index contributed by atoms with van der Waals surface area (Å²) in [7, 11) is 0. The summed E-state index contributed by atoms with van der Waals surface area (Å²) in [6.45, 7) is 9.93. The average Bonchev–Trinajstić information content (AvgIpc) is 3.23. The van der Waals surface area contributed by atoms with Crippen LogP contribution in [0.2, 0.25) is 0 Å². The van der Waals surface area contributed by atoms with Crippen molar-refractivity contribution in [2.45, 2.75) is 23.2 Å². The Bertz CT molecular complexity index is 1180. The minimum Gasteiger partial charge on any atom is -0.508 e. The Labute approximate surface area is 211 Å². The number of rotatable bonds is 7. The largest absolute Gasteiger partial charge is 0.508 e. The van der Waals surface area contributed by atoms with Gasteiger partial charge in [0.2, 0.25) is 0 Å². The fraction of sp³-hybridized carbons (Fsp3) is 0.310. The molecular weight excluding hydrogens is 458 g/mol. The van der Waals surface area contributed by atoms with Crippen molar-refractivity contribution in [2.75, 3.05) is 26.2 Å². The van der Waals surface area contributed by atoms with Gasteiger partial charge in [-0.1, -0.05) is 37.3 Å². The molecule has 0 bridgehead atoms. The van der Waals surface area contributed by atoms with E-state index >= 15 is 0 Å². The number of nitrogens with zero attached hydrogens (tertiary/aromatic N) is 1. The van der Waals surface area contributed by atoms with Gasteiger partial charge < -0.3 is 19.7 Å². The lowest BCUT2D eigenvalue weighted by Crippen LogP contribution is -2.26. The monoisotopic (exact) mass is 489 g/mol. The second kappa shape index (κ2) is 10.3. The number of hydrogen-bond donors (Lipinski definition) is 2. The lowest BCUT2D eigenvalue weighted by molar-refractivity contribution is 0.190. The number of fused-ring (bicyclic) bond motifs is 1. The molecule has 1 saturated heterocycles. The first-order chi connectivity index (χ1) is 17.0. The zero-order valence-electron chi connectivity index (χ0n) is 19.8. The average molecular weight is 490 g/mol. The standard InChI is InChI=1S/C29H31NO4S/c1-3-20-18-30(17-19(20)2)13-14-33-25-10-7-21(8-11-25)28-29(22-5-4-6-23(31)15-22)35-27-16-24(32)9-12-26(27)34-28/h3-12,15-16,19-20,28-29,31-32H,1,13-14,17-18H2,2H3/t19-,20-,28+,29-/m1/s1. The zero-order chi connectivity index (χ0) is 24.4. The third kappa shape index (κ3) is 5.29. The van der Waals surface area contributed by atoms with E-state index in [0.717, 1.165) is 47.2 Å². The summed E-state index contributed by atoms with van der Waals surface area (Å²) in [4.78, 5) is 3.32. The van der Waals surface area contributed by atoms with Crippen LogP contribution in [0, 0.1) is 11.8 Å². The van der Waals surface area contributed by atoms with Gasteiger partial charge in [0.15, 0.2) is 0 Å². The summed E-state index contributed by atoms with van der Waals surface area (Å²) in [6.07, 6.45) is 1.82. The first-order valence-electron chi connectivity index (χ1n) is 12.0. The van der Waals surface area contributed by atoms with Crippen LogP contribution in [0.4, 0.5) is 0 Å². The molecule has 182 valence electrons. The lowest BCUT2D eigenvalue weighted by Gasteiger charge is -2.34. The molecule has 5 nitrogen and oxygen atoms in total. The van der Waals surface area contributed by atoms with Crippen LogP contribution >= 0.6 is 11.8 Å². The van der Waals surface area contributed by atoms with E-state index in [4.69, 9.17) is 9.47 Å². The first-order valence-corrected chi connectivity index (χ1v) is 12.9. The Morgan fingerprint density at radius 1 is 1.03 bits per heavy atom. The molecule has 2 N–H and O–H groups in total. The van der Waals surface area contributed by atoms with Gasteiger partial charge in [-0.2, -0.15) is 0 Å². The number of ether oxygens (including phenoxy) is 2. The van der Waals surface area contributed by atoms with Gasteiger partial charge in [-0.25, -0.2) is 0 Å². The molecule has 0 aliphatic carbocycles. The van der Waals surface area contributed by atoms with Crippen molar-refractivity contribution in [3.05, 3.63) is 90.5 Å². The van der Waals surface area contributed by atoms with E-state index in [2.05, 4.69) is 24.5 Å². The molecular formula is C29H31NO4S. The van der Waals surface area contributed by atoms with E-state index in [1.165, 1.54) is 0 Å². The third-order valence-electron chi connectivity index (χ3n) is 6.84.